The van der Waals surface area contributed by atoms with Crippen LogP contribution in [0, 0.1) is 20.8 Å². The molecule has 0 saturated heterocycles. The zero-order valence-corrected chi connectivity index (χ0v) is 22.9. The molecule has 5 nitrogen and oxygen atoms in total. The summed E-state index contributed by atoms with van der Waals surface area (Å²) in [6.07, 6.45) is 5.90. The Morgan fingerprint density at radius 2 is 1.55 bits per heavy atom. The van der Waals surface area contributed by atoms with Gasteiger partial charge in [-0.3, -0.25) is 9.59 Å². The molecule has 1 N–H and O–H groups in total. The maximum Gasteiger partial charge on any atom is 0.261 e. The number of carbonyl (C=O) groups excluding carboxylic acids is 2. The largest absolute Gasteiger partial charge is 0.483 e. The standard InChI is InChI=1S/C33H40N2O3/c1-24-14-17-28(18-15-24)22-35(32(36)23-38-31-19-16-25(2)20-26(31)3)30(21-27-10-6-4-7-11-27)33(37)34-29-12-8-5-9-13-29/h4,6-7,10-11,14-20,29-30H,5,8-9,12-13,21-23H2,1-3H3,(H,34,37)/t30-/m0/s1. The molecule has 5 heteroatoms. The molecule has 0 aliphatic heterocycles. The van der Waals surface area contributed by atoms with Gasteiger partial charge in [0.15, 0.2) is 6.61 Å². The number of hydrogen-bond donors (Lipinski definition) is 1. The molecule has 1 aliphatic carbocycles. The van der Waals surface area contributed by atoms with Crippen molar-refractivity contribution in [2.75, 3.05) is 6.61 Å². The molecule has 0 heterocycles. The highest BCUT2D eigenvalue weighted by Crippen LogP contribution is 2.22. The Balaban J connectivity index is 1.61. The van der Waals surface area contributed by atoms with Crippen LogP contribution in [0.1, 0.15) is 59.9 Å². The average molecular weight is 513 g/mol. The van der Waals surface area contributed by atoms with E-state index < -0.39 is 6.04 Å². The van der Waals surface area contributed by atoms with Crippen LogP contribution in [0.3, 0.4) is 0 Å². The van der Waals surface area contributed by atoms with E-state index in [9.17, 15) is 9.59 Å². The Hall–Kier alpha value is -3.60. The lowest BCUT2D eigenvalue weighted by Crippen LogP contribution is -2.53. The van der Waals surface area contributed by atoms with Crippen molar-refractivity contribution in [3.8, 4) is 5.75 Å². The molecule has 4 rings (SSSR count). The molecule has 38 heavy (non-hydrogen) atoms. The topological polar surface area (TPSA) is 58.6 Å². The molecule has 0 radical (unpaired) electrons. The SMILES string of the molecule is Cc1ccc(CN(C(=O)COc2ccc(C)cc2C)[C@@H](Cc2ccccc2)C(=O)NC2CCCCC2)cc1. The third-order valence-corrected chi connectivity index (χ3v) is 7.38. The molecule has 2 amide bonds. The highest BCUT2D eigenvalue weighted by Gasteiger charge is 2.32. The lowest BCUT2D eigenvalue weighted by atomic mass is 9.94. The van der Waals surface area contributed by atoms with E-state index in [1.54, 1.807) is 4.90 Å². The Labute approximate surface area is 227 Å². The van der Waals surface area contributed by atoms with Gasteiger partial charge in [0.25, 0.3) is 5.91 Å². The van der Waals surface area contributed by atoms with Crippen LogP contribution in [0.15, 0.2) is 72.8 Å². The molecule has 0 aromatic heterocycles. The van der Waals surface area contributed by atoms with Gasteiger partial charge in [0.1, 0.15) is 11.8 Å². The number of carbonyl (C=O) groups is 2. The molecule has 1 fully saturated rings. The van der Waals surface area contributed by atoms with Gasteiger partial charge in [0.2, 0.25) is 5.91 Å². The summed E-state index contributed by atoms with van der Waals surface area (Å²) in [5.74, 6) is 0.392. The number of nitrogens with zero attached hydrogens (tertiary/aromatic N) is 1. The highest BCUT2D eigenvalue weighted by atomic mass is 16.5. The summed E-state index contributed by atoms with van der Waals surface area (Å²) in [5, 5.41) is 3.28. The van der Waals surface area contributed by atoms with Crippen molar-refractivity contribution in [2.24, 2.45) is 0 Å². The van der Waals surface area contributed by atoms with Gasteiger partial charge in [0.05, 0.1) is 0 Å². The van der Waals surface area contributed by atoms with E-state index in [-0.39, 0.29) is 24.5 Å². The first-order chi connectivity index (χ1) is 18.4. The fraction of sp³-hybridized carbons (Fsp3) is 0.394. The lowest BCUT2D eigenvalue weighted by Gasteiger charge is -2.33. The first-order valence-electron chi connectivity index (χ1n) is 13.8. The first-order valence-corrected chi connectivity index (χ1v) is 13.8. The van der Waals surface area contributed by atoms with Gasteiger partial charge in [-0.1, -0.05) is 97.1 Å². The smallest absolute Gasteiger partial charge is 0.261 e. The lowest BCUT2D eigenvalue weighted by molar-refractivity contribution is -0.143. The maximum atomic E-state index is 13.8. The van der Waals surface area contributed by atoms with Crippen molar-refractivity contribution in [1.82, 2.24) is 10.2 Å². The summed E-state index contributed by atoms with van der Waals surface area (Å²) in [4.78, 5) is 29.3. The summed E-state index contributed by atoms with van der Waals surface area (Å²) in [5.41, 5.74) is 5.29. The van der Waals surface area contributed by atoms with Gasteiger partial charge in [-0.15, -0.1) is 0 Å². The van der Waals surface area contributed by atoms with Crippen LogP contribution < -0.4 is 10.1 Å². The third kappa shape index (κ3) is 7.70. The van der Waals surface area contributed by atoms with Crippen LogP contribution in [0.4, 0.5) is 0 Å². The second kappa shape index (κ2) is 13.3. The number of ether oxygens (including phenoxy) is 1. The number of hydrogen-bond acceptors (Lipinski definition) is 3. The highest BCUT2D eigenvalue weighted by molar-refractivity contribution is 5.88. The number of rotatable bonds is 10. The van der Waals surface area contributed by atoms with Gasteiger partial charge in [-0.25, -0.2) is 0 Å². The van der Waals surface area contributed by atoms with Crippen molar-refractivity contribution in [3.63, 3.8) is 0 Å². The van der Waals surface area contributed by atoms with E-state index in [2.05, 4.69) is 5.32 Å². The fourth-order valence-corrected chi connectivity index (χ4v) is 5.17. The molecule has 3 aromatic rings. The van der Waals surface area contributed by atoms with Gasteiger partial charge in [-0.2, -0.15) is 0 Å². The van der Waals surface area contributed by atoms with Crippen LogP contribution in [-0.4, -0.2) is 35.4 Å². The Morgan fingerprint density at radius 1 is 0.868 bits per heavy atom. The van der Waals surface area contributed by atoms with Crippen LogP contribution in [0.25, 0.3) is 0 Å². The second-order valence-electron chi connectivity index (χ2n) is 10.6. The van der Waals surface area contributed by atoms with E-state index in [0.717, 1.165) is 53.5 Å². The van der Waals surface area contributed by atoms with Crippen molar-refractivity contribution >= 4 is 11.8 Å². The normalized spacial score (nSPS) is 14.5. The molecule has 200 valence electrons. The van der Waals surface area contributed by atoms with Crippen LogP contribution in [0.5, 0.6) is 5.75 Å². The van der Waals surface area contributed by atoms with Crippen molar-refractivity contribution in [2.45, 2.75) is 77.9 Å². The molecule has 0 unspecified atom stereocenters. The predicted molar refractivity (Wildman–Crippen MR) is 152 cm³/mol. The van der Waals surface area contributed by atoms with Crippen molar-refractivity contribution in [3.05, 3.63) is 101 Å². The Kier molecular flexibility index (Phi) is 9.58. The molecule has 1 atom stereocenters. The van der Waals surface area contributed by atoms with Gasteiger partial charge in [0, 0.05) is 19.0 Å². The van der Waals surface area contributed by atoms with E-state index in [4.69, 9.17) is 4.74 Å². The summed E-state index contributed by atoms with van der Waals surface area (Å²) >= 11 is 0. The zero-order chi connectivity index (χ0) is 26.9. The molecule has 1 saturated carbocycles. The number of benzene rings is 3. The molecule has 1 aliphatic rings. The fourth-order valence-electron chi connectivity index (χ4n) is 5.17. The molecule has 0 spiro atoms. The predicted octanol–water partition coefficient (Wildman–Crippen LogP) is 6.08. The summed E-state index contributed by atoms with van der Waals surface area (Å²) in [7, 11) is 0. The van der Waals surface area contributed by atoms with Gasteiger partial charge >= 0.3 is 0 Å². The first kappa shape index (κ1) is 27.4. The van der Waals surface area contributed by atoms with Crippen LogP contribution >= 0.6 is 0 Å². The van der Waals surface area contributed by atoms with E-state index >= 15 is 0 Å². The molecular weight excluding hydrogens is 472 g/mol. The minimum Gasteiger partial charge on any atom is -0.483 e. The van der Waals surface area contributed by atoms with Crippen LogP contribution in [-0.2, 0) is 22.6 Å². The maximum absolute atomic E-state index is 13.8. The Bertz CT molecular complexity index is 1200. The summed E-state index contributed by atoms with van der Waals surface area (Å²) in [6.45, 7) is 6.26. The third-order valence-electron chi connectivity index (χ3n) is 7.38. The van der Waals surface area contributed by atoms with Gasteiger partial charge in [-0.05, 0) is 56.4 Å². The quantitative estimate of drug-likeness (QED) is 0.358. The number of nitrogens with one attached hydrogen (secondary N) is 1. The van der Waals surface area contributed by atoms with Crippen molar-refractivity contribution < 1.29 is 14.3 Å². The number of aryl methyl sites for hydroxylation is 3. The average Bonchev–Trinajstić information content (AvgIpc) is 2.92. The Morgan fingerprint density at radius 3 is 2.24 bits per heavy atom. The minimum absolute atomic E-state index is 0.0901. The van der Waals surface area contributed by atoms with E-state index in [1.807, 2.05) is 93.6 Å². The summed E-state index contributed by atoms with van der Waals surface area (Å²) in [6, 6.07) is 23.5. The zero-order valence-electron chi connectivity index (χ0n) is 22.9. The summed E-state index contributed by atoms with van der Waals surface area (Å²) < 4.78 is 6.00. The second-order valence-corrected chi connectivity index (χ2v) is 10.6. The molecule has 3 aromatic carbocycles. The van der Waals surface area contributed by atoms with E-state index in [0.29, 0.717) is 18.7 Å². The van der Waals surface area contributed by atoms with Crippen LogP contribution in [0.2, 0.25) is 0 Å². The minimum atomic E-state index is -0.643. The van der Waals surface area contributed by atoms with Gasteiger partial charge < -0.3 is 15.0 Å². The van der Waals surface area contributed by atoms with Crippen molar-refractivity contribution in [1.29, 1.82) is 0 Å². The molecule has 0 bridgehead atoms. The number of amides is 2. The monoisotopic (exact) mass is 512 g/mol. The van der Waals surface area contributed by atoms with E-state index in [1.165, 1.54) is 6.42 Å². The molecular formula is C33H40N2O3.